The summed E-state index contributed by atoms with van der Waals surface area (Å²) in [5.74, 6) is 0. The van der Waals surface area contributed by atoms with Gasteiger partial charge in [-0.2, -0.15) is 0 Å². The molecule has 0 N–H and O–H groups in total. The van der Waals surface area contributed by atoms with Crippen molar-refractivity contribution in [1.29, 1.82) is 0 Å². The van der Waals surface area contributed by atoms with Crippen molar-refractivity contribution < 1.29 is 0 Å². The van der Waals surface area contributed by atoms with E-state index in [9.17, 15) is 0 Å². The second kappa shape index (κ2) is 13.7. The zero-order chi connectivity index (χ0) is 11.2. The SMILES string of the molecule is CC/C=[C]\CCCCCCCCCCC. The van der Waals surface area contributed by atoms with E-state index in [4.69, 9.17) is 0 Å². The first-order valence-electron chi connectivity index (χ1n) is 6.96. The van der Waals surface area contributed by atoms with Crippen LogP contribution in [-0.2, 0) is 0 Å². The van der Waals surface area contributed by atoms with Crippen LogP contribution in [0.1, 0.15) is 84.5 Å². The highest BCUT2D eigenvalue weighted by Crippen LogP contribution is 2.10. The first-order valence-corrected chi connectivity index (χ1v) is 6.96. The summed E-state index contributed by atoms with van der Waals surface area (Å²) in [6, 6.07) is 0. The van der Waals surface area contributed by atoms with Gasteiger partial charge in [-0.25, -0.2) is 0 Å². The first kappa shape index (κ1) is 14.7. The average molecular weight is 209 g/mol. The third kappa shape index (κ3) is 13.7. The highest BCUT2D eigenvalue weighted by molar-refractivity contribution is 4.70. The summed E-state index contributed by atoms with van der Waals surface area (Å²) in [4.78, 5) is 0. The van der Waals surface area contributed by atoms with Crippen molar-refractivity contribution >= 4 is 0 Å². The van der Waals surface area contributed by atoms with Crippen molar-refractivity contribution in [2.75, 3.05) is 0 Å². The van der Waals surface area contributed by atoms with Gasteiger partial charge in [0.1, 0.15) is 0 Å². The van der Waals surface area contributed by atoms with E-state index in [-0.39, 0.29) is 0 Å². The molecule has 0 aliphatic rings. The van der Waals surface area contributed by atoms with E-state index in [2.05, 4.69) is 26.0 Å². The predicted molar refractivity (Wildman–Crippen MR) is 69.9 cm³/mol. The van der Waals surface area contributed by atoms with Crippen LogP contribution in [0.25, 0.3) is 0 Å². The van der Waals surface area contributed by atoms with Crippen LogP contribution in [-0.4, -0.2) is 0 Å². The summed E-state index contributed by atoms with van der Waals surface area (Å²) < 4.78 is 0. The van der Waals surface area contributed by atoms with Crippen LogP contribution in [0.4, 0.5) is 0 Å². The molecule has 0 bridgehead atoms. The molecule has 15 heavy (non-hydrogen) atoms. The van der Waals surface area contributed by atoms with Crippen molar-refractivity contribution in [3.8, 4) is 0 Å². The summed E-state index contributed by atoms with van der Waals surface area (Å²) in [6.07, 6.45) is 20.6. The molecule has 0 heteroatoms. The molecule has 0 atom stereocenters. The van der Waals surface area contributed by atoms with Gasteiger partial charge in [0, 0.05) is 0 Å². The molecule has 0 saturated heterocycles. The van der Waals surface area contributed by atoms with E-state index >= 15 is 0 Å². The Bertz CT molecular complexity index is 124. The normalized spacial score (nSPS) is 11.3. The van der Waals surface area contributed by atoms with Crippen LogP contribution in [0.5, 0.6) is 0 Å². The maximum absolute atomic E-state index is 3.33. The molecule has 0 aromatic carbocycles. The Morgan fingerprint density at radius 3 is 1.80 bits per heavy atom. The molecule has 0 aliphatic heterocycles. The Morgan fingerprint density at radius 2 is 1.27 bits per heavy atom. The molecule has 0 aliphatic carbocycles. The van der Waals surface area contributed by atoms with Crippen molar-refractivity contribution in [2.45, 2.75) is 84.5 Å². The Labute approximate surface area is 97.2 Å². The highest BCUT2D eigenvalue weighted by atomic mass is 14.0. The van der Waals surface area contributed by atoms with Gasteiger partial charge in [0.25, 0.3) is 0 Å². The molecule has 0 fully saturated rings. The molecule has 0 aromatic rings. The summed E-state index contributed by atoms with van der Waals surface area (Å²) in [7, 11) is 0. The Kier molecular flexibility index (Phi) is 13.5. The molecule has 0 spiro atoms. The number of unbranched alkanes of at least 4 members (excludes halogenated alkanes) is 9. The molecule has 89 valence electrons. The van der Waals surface area contributed by atoms with E-state index < -0.39 is 0 Å². The largest absolute Gasteiger partial charge is 0.0813 e. The minimum absolute atomic E-state index is 1.14. The number of hydrogen-bond donors (Lipinski definition) is 0. The van der Waals surface area contributed by atoms with Gasteiger partial charge in [0.05, 0.1) is 0 Å². The smallest absolute Gasteiger partial charge is 0.0279 e. The number of hydrogen-bond acceptors (Lipinski definition) is 0. The van der Waals surface area contributed by atoms with Crippen LogP contribution in [0, 0.1) is 6.08 Å². The van der Waals surface area contributed by atoms with E-state index in [1.165, 1.54) is 64.2 Å². The lowest BCUT2D eigenvalue weighted by Crippen LogP contribution is -1.80. The van der Waals surface area contributed by atoms with Crippen LogP contribution in [0.15, 0.2) is 6.08 Å². The topological polar surface area (TPSA) is 0 Å². The summed E-state index contributed by atoms with van der Waals surface area (Å²) >= 11 is 0. The molecular weight excluding hydrogens is 180 g/mol. The molecule has 0 amide bonds. The minimum Gasteiger partial charge on any atom is -0.0813 e. The maximum atomic E-state index is 3.33. The standard InChI is InChI=1S/C15H29/c1-3-5-7-9-11-13-15-14-12-10-8-6-4-2/h5H,3-4,6,8-15H2,1-2H3. The molecule has 0 saturated carbocycles. The molecule has 1 radical (unpaired) electrons. The lowest BCUT2D eigenvalue weighted by Gasteiger charge is -2.00. The van der Waals surface area contributed by atoms with Crippen LogP contribution >= 0.6 is 0 Å². The summed E-state index contributed by atoms with van der Waals surface area (Å²) in [5.41, 5.74) is 0. The van der Waals surface area contributed by atoms with Gasteiger partial charge in [-0.15, -0.1) is 0 Å². The Balaban J connectivity index is 2.89. The Hall–Kier alpha value is -0.260. The lowest BCUT2D eigenvalue weighted by molar-refractivity contribution is 0.565. The zero-order valence-corrected chi connectivity index (χ0v) is 10.9. The van der Waals surface area contributed by atoms with Gasteiger partial charge in [-0.3, -0.25) is 0 Å². The fourth-order valence-electron chi connectivity index (χ4n) is 1.78. The maximum Gasteiger partial charge on any atom is -0.0279 e. The fourth-order valence-corrected chi connectivity index (χ4v) is 1.78. The van der Waals surface area contributed by atoms with Crippen molar-refractivity contribution in [1.82, 2.24) is 0 Å². The van der Waals surface area contributed by atoms with Gasteiger partial charge in [-0.1, -0.05) is 71.3 Å². The minimum atomic E-state index is 1.14. The van der Waals surface area contributed by atoms with Gasteiger partial charge in [0.2, 0.25) is 0 Å². The predicted octanol–water partition coefficient (Wildman–Crippen LogP) is 5.68. The molecule has 0 heterocycles. The van der Waals surface area contributed by atoms with Crippen LogP contribution in [0.3, 0.4) is 0 Å². The third-order valence-corrected chi connectivity index (χ3v) is 2.77. The first-order chi connectivity index (χ1) is 7.41. The summed E-state index contributed by atoms with van der Waals surface area (Å²) in [5, 5.41) is 0. The van der Waals surface area contributed by atoms with Crippen molar-refractivity contribution in [3.05, 3.63) is 12.2 Å². The average Bonchev–Trinajstić information content (AvgIpc) is 2.26. The molecular formula is C15H29. The quantitative estimate of drug-likeness (QED) is 0.384. The highest BCUT2D eigenvalue weighted by Gasteiger charge is 1.90. The van der Waals surface area contributed by atoms with E-state index in [0.717, 1.165) is 6.42 Å². The Morgan fingerprint density at radius 1 is 0.733 bits per heavy atom. The van der Waals surface area contributed by atoms with Crippen LogP contribution < -0.4 is 0 Å². The van der Waals surface area contributed by atoms with Crippen LogP contribution in [0.2, 0.25) is 0 Å². The monoisotopic (exact) mass is 209 g/mol. The molecule has 0 unspecified atom stereocenters. The second-order valence-corrected chi connectivity index (χ2v) is 4.39. The molecule has 0 nitrogen and oxygen atoms in total. The van der Waals surface area contributed by atoms with E-state index in [1.807, 2.05) is 0 Å². The fraction of sp³-hybridized carbons (Fsp3) is 0.867. The van der Waals surface area contributed by atoms with Gasteiger partial charge < -0.3 is 0 Å². The summed E-state index contributed by atoms with van der Waals surface area (Å²) in [6.45, 7) is 4.45. The second-order valence-electron chi connectivity index (χ2n) is 4.39. The van der Waals surface area contributed by atoms with E-state index in [1.54, 1.807) is 0 Å². The van der Waals surface area contributed by atoms with Gasteiger partial charge in [0.15, 0.2) is 0 Å². The van der Waals surface area contributed by atoms with Crippen molar-refractivity contribution in [2.24, 2.45) is 0 Å². The zero-order valence-electron chi connectivity index (χ0n) is 10.9. The number of allylic oxidation sites excluding steroid dienone is 2. The van der Waals surface area contributed by atoms with Gasteiger partial charge in [-0.05, 0) is 25.3 Å². The molecule has 0 aromatic heterocycles. The third-order valence-electron chi connectivity index (χ3n) is 2.77. The van der Waals surface area contributed by atoms with Gasteiger partial charge >= 0.3 is 0 Å². The van der Waals surface area contributed by atoms with E-state index in [0.29, 0.717) is 0 Å². The molecule has 0 rings (SSSR count). The lowest BCUT2D eigenvalue weighted by atomic mass is 10.1. The number of rotatable bonds is 11. The van der Waals surface area contributed by atoms with Crippen molar-refractivity contribution in [3.63, 3.8) is 0 Å².